The van der Waals surface area contributed by atoms with Crippen LogP contribution in [0.3, 0.4) is 0 Å². The molecule has 0 aliphatic heterocycles. The molecule has 0 heterocycles. The van der Waals surface area contributed by atoms with Gasteiger partial charge < -0.3 is 4.74 Å². The zero-order chi connectivity index (χ0) is 18.0. The average Bonchev–Trinajstić information content (AvgIpc) is 2.57. The van der Waals surface area contributed by atoms with Crippen LogP contribution in [0.5, 0.6) is 5.75 Å². The molecule has 128 valence electrons. The van der Waals surface area contributed by atoms with Crippen LogP contribution in [0.4, 0.5) is 17.6 Å². The molecule has 3 aromatic carbocycles. The summed E-state index contributed by atoms with van der Waals surface area (Å²) in [5, 5.41) is 0.699. The first-order valence-electron chi connectivity index (χ1n) is 7.67. The lowest BCUT2D eigenvalue weighted by Crippen LogP contribution is -1.93. The van der Waals surface area contributed by atoms with Crippen molar-refractivity contribution in [1.82, 2.24) is 0 Å². The van der Waals surface area contributed by atoms with Gasteiger partial charge in [0.2, 0.25) is 0 Å². The molecule has 0 aliphatic carbocycles. The Bertz CT molecular complexity index is 959. The number of fused-ring (bicyclic) bond motifs is 1. The highest BCUT2D eigenvalue weighted by Crippen LogP contribution is 2.31. The Morgan fingerprint density at radius 3 is 2.48 bits per heavy atom. The third-order valence-corrected chi connectivity index (χ3v) is 3.81. The lowest BCUT2D eigenvalue weighted by molar-refractivity contribution is 0.338. The first-order valence-corrected chi connectivity index (χ1v) is 7.67. The summed E-state index contributed by atoms with van der Waals surface area (Å²) in [4.78, 5) is 0. The smallest absolute Gasteiger partial charge is 0.271 e. The molecule has 0 saturated heterocycles. The highest BCUT2D eigenvalue weighted by atomic mass is 19.3. The average molecular weight is 346 g/mol. The van der Waals surface area contributed by atoms with Crippen LogP contribution in [-0.4, -0.2) is 6.61 Å². The van der Waals surface area contributed by atoms with Crippen molar-refractivity contribution in [3.8, 4) is 16.9 Å². The fourth-order valence-corrected chi connectivity index (χ4v) is 2.69. The molecule has 1 nitrogen and oxygen atoms in total. The second-order valence-electron chi connectivity index (χ2n) is 5.41. The van der Waals surface area contributed by atoms with Crippen LogP contribution in [0.15, 0.2) is 54.6 Å². The van der Waals surface area contributed by atoms with E-state index in [1.165, 1.54) is 24.3 Å². The maximum atomic E-state index is 14.3. The molecule has 0 fully saturated rings. The molecule has 0 atom stereocenters. The fourth-order valence-electron chi connectivity index (χ4n) is 2.69. The van der Waals surface area contributed by atoms with Crippen molar-refractivity contribution in [3.63, 3.8) is 0 Å². The van der Waals surface area contributed by atoms with Gasteiger partial charge in [0.25, 0.3) is 6.08 Å². The number of ether oxygens (including phenoxy) is 1. The van der Waals surface area contributed by atoms with Gasteiger partial charge in [-0.2, -0.15) is 8.78 Å². The van der Waals surface area contributed by atoms with Crippen molar-refractivity contribution < 1.29 is 22.3 Å². The van der Waals surface area contributed by atoms with Gasteiger partial charge in [-0.05, 0) is 36.1 Å². The quantitative estimate of drug-likeness (QED) is 0.495. The Balaban J connectivity index is 2.06. The maximum absolute atomic E-state index is 14.3. The minimum absolute atomic E-state index is 0.188. The van der Waals surface area contributed by atoms with E-state index in [9.17, 15) is 17.6 Å². The molecule has 0 bridgehead atoms. The number of hydrogen-bond acceptors (Lipinski definition) is 1. The van der Waals surface area contributed by atoms with Gasteiger partial charge >= 0.3 is 0 Å². The molecule has 0 unspecified atom stereocenters. The van der Waals surface area contributed by atoms with Crippen molar-refractivity contribution in [2.45, 2.75) is 6.92 Å². The van der Waals surface area contributed by atoms with Crippen molar-refractivity contribution in [2.75, 3.05) is 6.61 Å². The topological polar surface area (TPSA) is 9.23 Å². The monoisotopic (exact) mass is 346 g/mol. The summed E-state index contributed by atoms with van der Waals surface area (Å²) in [6.45, 7) is 2.24. The molecular formula is C20H14F4O. The number of benzene rings is 3. The first kappa shape index (κ1) is 17.0. The van der Waals surface area contributed by atoms with Gasteiger partial charge in [0.05, 0.1) is 6.61 Å². The molecule has 0 aromatic heterocycles. The van der Waals surface area contributed by atoms with E-state index in [1.54, 1.807) is 24.3 Å². The predicted octanol–water partition coefficient (Wildman–Crippen LogP) is 6.42. The van der Waals surface area contributed by atoms with Crippen molar-refractivity contribution in [2.24, 2.45) is 0 Å². The number of rotatable bonds is 4. The Labute approximate surface area is 142 Å². The minimum Gasteiger partial charge on any atom is -0.494 e. The van der Waals surface area contributed by atoms with E-state index in [0.717, 1.165) is 0 Å². The molecule has 0 N–H and O–H groups in total. The van der Waals surface area contributed by atoms with Crippen LogP contribution in [0.2, 0.25) is 0 Å². The van der Waals surface area contributed by atoms with E-state index >= 15 is 0 Å². The normalized spacial score (nSPS) is 10.8. The molecule has 0 amide bonds. The summed E-state index contributed by atoms with van der Waals surface area (Å²) in [6, 6.07) is 12.0. The van der Waals surface area contributed by atoms with E-state index < -0.39 is 17.7 Å². The van der Waals surface area contributed by atoms with E-state index in [-0.39, 0.29) is 10.9 Å². The Hall–Kier alpha value is -2.82. The first-order chi connectivity index (χ1) is 12.0. The Morgan fingerprint density at radius 1 is 1.00 bits per heavy atom. The van der Waals surface area contributed by atoms with Gasteiger partial charge in [0.1, 0.15) is 17.4 Å². The fraction of sp³-hybridized carbons (Fsp3) is 0.100. The molecule has 3 rings (SSSR count). The zero-order valence-corrected chi connectivity index (χ0v) is 13.3. The van der Waals surface area contributed by atoms with Gasteiger partial charge in [0.15, 0.2) is 0 Å². The van der Waals surface area contributed by atoms with E-state index in [4.69, 9.17) is 4.74 Å². The minimum atomic E-state index is -1.97. The van der Waals surface area contributed by atoms with Gasteiger partial charge in [-0.15, -0.1) is 0 Å². The summed E-state index contributed by atoms with van der Waals surface area (Å²) in [6.07, 6.45) is -1.49. The van der Waals surface area contributed by atoms with E-state index in [2.05, 4.69) is 0 Å². The third kappa shape index (κ3) is 3.50. The second-order valence-corrected chi connectivity index (χ2v) is 5.41. The largest absolute Gasteiger partial charge is 0.494 e. The van der Waals surface area contributed by atoms with Crippen LogP contribution in [0.1, 0.15) is 12.5 Å². The second kappa shape index (κ2) is 6.97. The van der Waals surface area contributed by atoms with Crippen molar-refractivity contribution in [1.29, 1.82) is 0 Å². The molecule has 0 spiro atoms. The number of halogens is 4. The molecule has 3 aromatic rings. The maximum Gasteiger partial charge on any atom is 0.271 e. The van der Waals surface area contributed by atoms with Crippen LogP contribution >= 0.6 is 0 Å². The molecule has 5 heteroatoms. The lowest BCUT2D eigenvalue weighted by atomic mass is 9.99. The van der Waals surface area contributed by atoms with Gasteiger partial charge in [0, 0.05) is 28.7 Å². The molecule has 0 radical (unpaired) electrons. The SMILES string of the molecule is CCOc1ccc(-c2ccc3c(F)c(C=C(F)F)ccc3c2)c(F)c1. The number of hydrogen-bond donors (Lipinski definition) is 0. The van der Waals surface area contributed by atoms with Crippen molar-refractivity contribution >= 4 is 16.8 Å². The standard InChI is InChI=1S/C20H14F4O/c1-2-25-15-6-8-16(18(21)11-15)12-5-7-17-13(9-12)3-4-14(20(17)24)10-19(22)23/h3-11H,2H2,1H3. The van der Waals surface area contributed by atoms with Gasteiger partial charge in [-0.25, -0.2) is 8.78 Å². The highest BCUT2D eigenvalue weighted by Gasteiger charge is 2.11. The highest BCUT2D eigenvalue weighted by molar-refractivity contribution is 5.89. The predicted molar refractivity (Wildman–Crippen MR) is 90.7 cm³/mol. The Kier molecular flexibility index (Phi) is 4.74. The van der Waals surface area contributed by atoms with Crippen LogP contribution in [0, 0.1) is 11.6 Å². The molecule has 0 aliphatic rings. The van der Waals surface area contributed by atoms with Crippen LogP contribution < -0.4 is 4.74 Å². The third-order valence-electron chi connectivity index (χ3n) is 3.81. The zero-order valence-electron chi connectivity index (χ0n) is 13.3. The van der Waals surface area contributed by atoms with Crippen LogP contribution in [0.25, 0.3) is 28.0 Å². The molecular weight excluding hydrogens is 332 g/mol. The lowest BCUT2D eigenvalue weighted by Gasteiger charge is -2.09. The molecule has 25 heavy (non-hydrogen) atoms. The summed E-state index contributed by atoms with van der Waals surface area (Å²) in [5.74, 6) is -0.755. The van der Waals surface area contributed by atoms with Crippen LogP contribution in [-0.2, 0) is 0 Å². The van der Waals surface area contributed by atoms with E-state index in [0.29, 0.717) is 34.9 Å². The van der Waals surface area contributed by atoms with Gasteiger partial charge in [-0.3, -0.25) is 0 Å². The summed E-state index contributed by atoms with van der Waals surface area (Å²) in [7, 11) is 0. The van der Waals surface area contributed by atoms with E-state index in [1.807, 2.05) is 6.92 Å². The summed E-state index contributed by atoms with van der Waals surface area (Å²) in [5.41, 5.74) is 0.726. The molecule has 0 saturated carbocycles. The van der Waals surface area contributed by atoms with Gasteiger partial charge in [-0.1, -0.05) is 24.3 Å². The van der Waals surface area contributed by atoms with Crippen molar-refractivity contribution in [3.05, 3.63) is 71.8 Å². The summed E-state index contributed by atoms with van der Waals surface area (Å²) >= 11 is 0. The Morgan fingerprint density at radius 2 is 1.80 bits per heavy atom. The summed E-state index contributed by atoms with van der Waals surface area (Å²) < 4.78 is 58.6.